The van der Waals surface area contributed by atoms with Crippen molar-refractivity contribution in [1.82, 2.24) is 20.1 Å². The predicted molar refractivity (Wildman–Crippen MR) is 103 cm³/mol. The van der Waals surface area contributed by atoms with Gasteiger partial charge in [0.2, 0.25) is 0 Å². The fourth-order valence-corrected chi connectivity index (χ4v) is 2.77. The summed E-state index contributed by atoms with van der Waals surface area (Å²) < 4.78 is 7.48. The van der Waals surface area contributed by atoms with Crippen LogP contribution >= 0.6 is 0 Å². The first-order valence-electron chi connectivity index (χ1n) is 8.95. The van der Waals surface area contributed by atoms with E-state index in [0.29, 0.717) is 6.61 Å². The van der Waals surface area contributed by atoms with Gasteiger partial charge in [0.05, 0.1) is 18.4 Å². The molecular formula is C21H26N4O. The van der Waals surface area contributed by atoms with Gasteiger partial charge in [0, 0.05) is 49.9 Å². The van der Waals surface area contributed by atoms with Crippen molar-refractivity contribution in [1.29, 1.82) is 0 Å². The molecule has 0 amide bonds. The second-order valence-corrected chi connectivity index (χ2v) is 6.70. The minimum atomic E-state index is 0.254. The molecule has 136 valence electrons. The van der Waals surface area contributed by atoms with E-state index in [0.717, 1.165) is 24.3 Å². The molecule has 0 bridgehead atoms. The highest BCUT2D eigenvalue weighted by Gasteiger charge is 2.09. The van der Waals surface area contributed by atoms with Gasteiger partial charge in [-0.2, -0.15) is 5.10 Å². The number of benzene rings is 1. The number of aryl methyl sites for hydroxylation is 1. The first-order chi connectivity index (χ1) is 12.6. The van der Waals surface area contributed by atoms with E-state index < -0.39 is 0 Å². The summed E-state index contributed by atoms with van der Waals surface area (Å²) in [6.45, 7) is 6.34. The minimum Gasteiger partial charge on any atom is -0.374 e. The van der Waals surface area contributed by atoms with Gasteiger partial charge in [0.25, 0.3) is 0 Å². The van der Waals surface area contributed by atoms with Gasteiger partial charge in [-0.15, -0.1) is 0 Å². The number of aromatic nitrogens is 3. The first-order valence-corrected chi connectivity index (χ1v) is 8.95. The lowest BCUT2D eigenvalue weighted by Crippen LogP contribution is -2.13. The molecule has 2 aromatic heterocycles. The predicted octanol–water partition coefficient (Wildman–Crippen LogP) is 3.70. The quantitative estimate of drug-likeness (QED) is 0.673. The highest BCUT2D eigenvalue weighted by Crippen LogP contribution is 2.20. The van der Waals surface area contributed by atoms with Gasteiger partial charge in [-0.3, -0.25) is 9.67 Å². The van der Waals surface area contributed by atoms with Crippen LogP contribution < -0.4 is 5.32 Å². The minimum absolute atomic E-state index is 0.254. The van der Waals surface area contributed by atoms with Crippen molar-refractivity contribution < 1.29 is 4.74 Å². The number of nitrogens with zero attached hydrogens (tertiary/aromatic N) is 3. The topological polar surface area (TPSA) is 52.0 Å². The van der Waals surface area contributed by atoms with Crippen molar-refractivity contribution in [2.24, 2.45) is 7.05 Å². The highest BCUT2D eigenvalue weighted by atomic mass is 16.5. The summed E-state index contributed by atoms with van der Waals surface area (Å²) in [4.78, 5) is 4.19. The van der Waals surface area contributed by atoms with Gasteiger partial charge in [-0.1, -0.05) is 24.3 Å². The van der Waals surface area contributed by atoms with E-state index in [1.54, 1.807) is 6.20 Å². The first kappa shape index (κ1) is 18.3. The molecule has 0 atom stereocenters. The third-order valence-corrected chi connectivity index (χ3v) is 4.09. The molecule has 3 rings (SSSR count). The zero-order valence-corrected chi connectivity index (χ0v) is 15.6. The third-order valence-electron chi connectivity index (χ3n) is 4.09. The van der Waals surface area contributed by atoms with Crippen LogP contribution in [0.25, 0.3) is 11.3 Å². The van der Waals surface area contributed by atoms with Crippen molar-refractivity contribution in [3.8, 4) is 11.3 Å². The summed E-state index contributed by atoms with van der Waals surface area (Å²) in [6, 6.07) is 12.5. The van der Waals surface area contributed by atoms with Crippen LogP contribution in [0.15, 0.2) is 55.0 Å². The Labute approximate surface area is 155 Å². The van der Waals surface area contributed by atoms with Gasteiger partial charge >= 0.3 is 0 Å². The molecule has 26 heavy (non-hydrogen) atoms. The molecule has 0 spiro atoms. The normalized spacial score (nSPS) is 11.2. The lowest BCUT2D eigenvalue weighted by Gasteiger charge is -2.09. The molecule has 5 heteroatoms. The number of rotatable bonds is 8. The molecule has 2 heterocycles. The average molecular weight is 350 g/mol. The summed E-state index contributed by atoms with van der Waals surface area (Å²) in [5, 5.41) is 8.08. The van der Waals surface area contributed by atoms with E-state index >= 15 is 0 Å². The van der Waals surface area contributed by atoms with E-state index in [2.05, 4.69) is 59.7 Å². The number of hydrogen-bond donors (Lipinski definition) is 1. The monoisotopic (exact) mass is 350 g/mol. The van der Waals surface area contributed by atoms with Crippen molar-refractivity contribution in [3.63, 3.8) is 0 Å². The zero-order valence-electron chi connectivity index (χ0n) is 15.6. The Morgan fingerprint density at radius 2 is 1.85 bits per heavy atom. The van der Waals surface area contributed by atoms with E-state index in [1.807, 2.05) is 30.1 Å². The van der Waals surface area contributed by atoms with Crippen LogP contribution in [-0.2, 0) is 31.5 Å². The maximum absolute atomic E-state index is 5.63. The van der Waals surface area contributed by atoms with Crippen LogP contribution in [-0.4, -0.2) is 20.9 Å². The Balaban J connectivity index is 1.57. The third kappa shape index (κ3) is 5.00. The van der Waals surface area contributed by atoms with E-state index in [-0.39, 0.29) is 6.10 Å². The Morgan fingerprint density at radius 1 is 1.08 bits per heavy atom. The molecule has 0 fully saturated rings. The number of nitrogens with one attached hydrogen (secondary N) is 1. The van der Waals surface area contributed by atoms with Gasteiger partial charge < -0.3 is 10.1 Å². The molecule has 0 saturated carbocycles. The smallest absolute Gasteiger partial charge is 0.0983 e. The van der Waals surface area contributed by atoms with E-state index in [1.165, 1.54) is 16.7 Å². The summed E-state index contributed by atoms with van der Waals surface area (Å²) in [5.74, 6) is 0. The van der Waals surface area contributed by atoms with Crippen LogP contribution in [0.5, 0.6) is 0 Å². The standard InChI is InChI=1S/C21H26N4O/c1-16(2)26-15-18-8-6-17(7-9-18)11-23-13-20-14-25(3)24-21(20)19-5-4-10-22-12-19/h4-10,12,14,16,23H,11,13,15H2,1-3H3. The SMILES string of the molecule is CC(C)OCc1ccc(CNCc2cn(C)nc2-c2cccnc2)cc1. The molecule has 5 nitrogen and oxygen atoms in total. The van der Waals surface area contributed by atoms with Gasteiger partial charge in [-0.05, 0) is 37.1 Å². The lowest BCUT2D eigenvalue weighted by molar-refractivity contribution is 0.0657. The maximum atomic E-state index is 5.63. The summed E-state index contributed by atoms with van der Waals surface area (Å²) in [7, 11) is 1.95. The Hall–Kier alpha value is -2.50. The van der Waals surface area contributed by atoms with Gasteiger partial charge in [0.15, 0.2) is 0 Å². The molecule has 3 aromatic rings. The van der Waals surface area contributed by atoms with Gasteiger partial charge in [-0.25, -0.2) is 0 Å². The van der Waals surface area contributed by atoms with Crippen LogP contribution in [0.2, 0.25) is 0 Å². The summed E-state index contributed by atoms with van der Waals surface area (Å²) >= 11 is 0. The van der Waals surface area contributed by atoms with E-state index in [9.17, 15) is 0 Å². The number of ether oxygens (including phenoxy) is 1. The Bertz CT molecular complexity index is 810. The Morgan fingerprint density at radius 3 is 2.54 bits per heavy atom. The van der Waals surface area contributed by atoms with Crippen LogP contribution in [0, 0.1) is 0 Å². The fraction of sp³-hybridized carbons (Fsp3) is 0.333. The molecule has 1 aromatic carbocycles. The molecule has 0 aliphatic rings. The second kappa shape index (κ2) is 8.74. The zero-order chi connectivity index (χ0) is 18.4. The van der Waals surface area contributed by atoms with Crippen molar-refractivity contribution in [2.75, 3.05) is 0 Å². The van der Waals surface area contributed by atoms with E-state index in [4.69, 9.17) is 4.74 Å². The van der Waals surface area contributed by atoms with Crippen molar-refractivity contribution >= 4 is 0 Å². The van der Waals surface area contributed by atoms with Gasteiger partial charge in [0.1, 0.15) is 0 Å². The van der Waals surface area contributed by atoms with Crippen LogP contribution in [0.1, 0.15) is 30.5 Å². The molecule has 0 saturated heterocycles. The second-order valence-electron chi connectivity index (χ2n) is 6.70. The lowest BCUT2D eigenvalue weighted by atomic mass is 10.1. The van der Waals surface area contributed by atoms with Crippen LogP contribution in [0.4, 0.5) is 0 Å². The molecule has 0 radical (unpaired) electrons. The number of hydrogen-bond acceptors (Lipinski definition) is 4. The highest BCUT2D eigenvalue weighted by molar-refractivity contribution is 5.61. The molecule has 1 N–H and O–H groups in total. The summed E-state index contributed by atoms with van der Waals surface area (Å²) in [6.07, 6.45) is 5.94. The fourth-order valence-electron chi connectivity index (χ4n) is 2.77. The average Bonchev–Trinajstić information content (AvgIpc) is 3.02. The van der Waals surface area contributed by atoms with Crippen molar-refractivity contribution in [2.45, 2.75) is 39.6 Å². The molecule has 0 aliphatic carbocycles. The Kier molecular flexibility index (Phi) is 6.15. The van der Waals surface area contributed by atoms with Crippen molar-refractivity contribution in [3.05, 3.63) is 71.7 Å². The van der Waals surface area contributed by atoms with Crippen LogP contribution in [0.3, 0.4) is 0 Å². The number of pyridine rings is 1. The molecule has 0 aliphatic heterocycles. The molecular weight excluding hydrogens is 324 g/mol. The maximum Gasteiger partial charge on any atom is 0.0983 e. The molecule has 0 unspecified atom stereocenters. The largest absolute Gasteiger partial charge is 0.374 e. The summed E-state index contributed by atoms with van der Waals surface area (Å²) in [5.41, 5.74) is 5.65.